The third-order valence-corrected chi connectivity index (χ3v) is 5.25. The molecule has 6 nitrogen and oxygen atoms in total. The van der Waals surface area contributed by atoms with E-state index in [4.69, 9.17) is 4.74 Å². The second-order valence-electron chi connectivity index (χ2n) is 6.20. The van der Waals surface area contributed by atoms with Crippen molar-refractivity contribution in [2.24, 2.45) is 0 Å². The number of aromatic nitrogens is 1. The van der Waals surface area contributed by atoms with Crippen molar-refractivity contribution in [1.82, 2.24) is 4.98 Å². The van der Waals surface area contributed by atoms with Gasteiger partial charge in [0.2, 0.25) is 0 Å². The maximum atomic E-state index is 13.7. The van der Waals surface area contributed by atoms with Crippen molar-refractivity contribution in [3.8, 4) is 0 Å². The summed E-state index contributed by atoms with van der Waals surface area (Å²) in [4.78, 5) is 30.0. The lowest BCUT2D eigenvalue weighted by Crippen LogP contribution is -2.22. The number of carbonyl (C=O) groups excluding carboxylic acids is 2. The Kier molecular flexibility index (Phi) is 6.56. The number of esters is 1. The van der Waals surface area contributed by atoms with Gasteiger partial charge in [-0.05, 0) is 44.2 Å². The molecular weight excluding hydrogens is 419 g/mol. The van der Waals surface area contributed by atoms with E-state index in [0.29, 0.717) is 0 Å². The topological polar surface area (TPSA) is 71.5 Å². The number of amides is 1. The first-order valence-corrected chi connectivity index (χ1v) is 9.91. The van der Waals surface area contributed by atoms with Crippen LogP contribution >= 0.6 is 11.3 Å². The van der Waals surface area contributed by atoms with Crippen molar-refractivity contribution >= 4 is 44.2 Å². The number of benzene rings is 2. The largest absolute Gasteiger partial charge is 0.452 e. The number of anilines is 2. The summed E-state index contributed by atoms with van der Waals surface area (Å²) in [5.74, 6) is -5.81. The third-order valence-electron chi connectivity index (χ3n) is 4.33. The molecule has 1 N–H and O–H groups in total. The molecule has 0 bridgehead atoms. The average molecular weight is 437 g/mol. The van der Waals surface area contributed by atoms with Gasteiger partial charge >= 0.3 is 5.97 Å². The van der Waals surface area contributed by atoms with Crippen LogP contribution in [0.2, 0.25) is 0 Å². The Morgan fingerprint density at radius 1 is 1.10 bits per heavy atom. The number of rotatable bonds is 7. The zero-order chi connectivity index (χ0) is 21.8. The molecule has 1 amide bonds. The first kappa shape index (κ1) is 21.6. The normalized spacial score (nSPS) is 10.8. The smallest absolute Gasteiger partial charge is 0.338 e. The Hall–Kier alpha value is -3.14. The summed E-state index contributed by atoms with van der Waals surface area (Å²) in [5.41, 5.74) is 0.858. The van der Waals surface area contributed by atoms with E-state index >= 15 is 0 Å². The highest BCUT2D eigenvalue weighted by Crippen LogP contribution is 2.30. The van der Waals surface area contributed by atoms with Crippen LogP contribution in [-0.2, 0) is 9.53 Å². The van der Waals surface area contributed by atoms with Crippen LogP contribution in [0.1, 0.15) is 24.2 Å². The monoisotopic (exact) mass is 437 g/mol. The molecule has 30 heavy (non-hydrogen) atoms. The van der Waals surface area contributed by atoms with E-state index in [1.165, 1.54) is 0 Å². The Morgan fingerprint density at radius 2 is 1.77 bits per heavy atom. The van der Waals surface area contributed by atoms with Gasteiger partial charge in [-0.1, -0.05) is 11.3 Å². The summed E-state index contributed by atoms with van der Waals surface area (Å²) >= 11 is 0.767. The average Bonchev–Trinajstić information content (AvgIpc) is 3.14. The number of fused-ring (bicyclic) bond motifs is 1. The fraction of sp³-hybridized carbons (Fsp3) is 0.250. The minimum Gasteiger partial charge on any atom is -0.452 e. The van der Waals surface area contributed by atoms with Crippen molar-refractivity contribution in [1.29, 1.82) is 0 Å². The van der Waals surface area contributed by atoms with E-state index in [0.717, 1.165) is 36.2 Å². The second kappa shape index (κ2) is 9.12. The van der Waals surface area contributed by atoms with Crippen LogP contribution in [0.5, 0.6) is 0 Å². The van der Waals surface area contributed by atoms with Gasteiger partial charge in [0.25, 0.3) is 5.91 Å². The summed E-state index contributed by atoms with van der Waals surface area (Å²) < 4.78 is 45.3. The van der Waals surface area contributed by atoms with Gasteiger partial charge in [-0.15, -0.1) is 0 Å². The fourth-order valence-electron chi connectivity index (χ4n) is 2.79. The van der Waals surface area contributed by atoms with Crippen LogP contribution in [0, 0.1) is 17.5 Å². The number of halogens is 3. The highest BCUT2D eigenvalue weighted by atomic mass is 32.1. The first-order valence-electron chi connectivity index (χ1n) is 9.10. The maximum Gasteiger partial charge on any atom is 0.338 e. The Balaban J connectivity index is 1.60. The van der Waals surface area contributed by atoms with E-state index in [1.807, 2.05) is 13.8 Å². The summed E-state index contributed by atoms with van der Waals surface area (Å²) in [6.45, 7) is 5.11. The predicted octanol–water partition coefficient (Wildman–Crippen LogP) is 4.36. The van der Waals surface area contributed by atoms with Gasteiger partial charge in [0, 0.05) is 18.8 Å². The SMILES string of the molecule is CCN(CC)c1ccc(C(=O)OCC(=O)Nc2nc3c(F)c(F)c(F)cc3s2)cc1. The van der Waals surface area contributed by atoms with E-state index < -0.39 is 35.9 Å². The van der Waals surface area contributed by atoms with Gasteiger partial charge in [-0.25, -0.2) is 22.9 Å². The second-order valence-corrected chi connectivity index (χ2v) is 7.23. The number of nitrogens with one attached hydrogen (secondary N) is 1. The summed E-state index contributed by atoms with van der Waals surface area (Å²) in [5, 5.41) is 2.25. The van der Waals surface area contributed by atoms with Gasteiger partial charge in [-0.3, -0.25) is 10.1 Å². The number of thiazole rings is 1. The molecule has 1 heterocycles. The van der Waals surface area contributed by atoms with E-state index in [2.05, 4.69) is 15.2 Å². The van der Waals surface area contributed by atoms with Crippen molar-refractivity contribution in [3.63, 3.8) is 0 Å². The molecule has 0 saturated heterocycles. The molecule has 0 radical (unpaired) electrons. The Morgan fingerprint density at radius 3 is 2.40 bits per heavy atom. The molecule has 0 unspecified atom stereocenters. The minimum atomic E-state index is -1.63. The van der Waals surface area contributed by atoms with Gasteiger partial charge in [0.05, 0.1) is 10.3 Å². The lowest BCUT2D eigenvalue weighted by molar-refractivity contribution is -0.119. The molecule has 3 aromatic rings. The number of nitrogens with zero attached hydrogens (tertiary/aromatic N) is 2. The molecule has 2 aromatic carbocycles. The molecule has 0 aliphatic rings. The highest BCUT2D eigenvalue weighted by Gasteiger charge is 2.19. The predicted molar refractivity (Wildman–Crippen MR) is 108 cm³/mol. The van der Waals surface area contributed by atoms with Crippen molar-refractivity contribution in [2.75, 3.05) is 29.9 Å². The molecule has 0 atom stereocenters. The van der Waals surface area contributed by atoms with Gasteiger partial charge in [-0.2, -0.15) is 0 Å². The molecule has 10 heteroatoms. The van der Waals surface area contributed by atoms with Gasteiger partial charge in [0.15, 0.2) is 29.2 Å². The number of hydrogen-bond acceptors (Lipinski definition) is 6. The van der Waals surface area contributed by atoms with Gasteiger partial charge in [0.1, 0.15) is 5.52 Å². The quantitative estimate of drug-likeness (QED) is 0.439. The molecule has 3 rings (SSSR count). The molecule has 158 valence electrons. The molecule has 0 aliphatic carbocycles. The van der Waals surface area contributed by atoms with Crippen LogP contribution in [-0.4, -0.2) is 36.6 Å². The summed E-state index contributed by atoms with van der Waals surface area (Å²) in [6, 6.07) is 7.58. The zero-order valence-electron chi connectivity index (χ0n) is 16.2. The Labute approximate surface area is 174 Å². The molecule has 0 aliphatic heterocycles. The van der Waals surface area contributed by atoms with E-state index in [9.17, 15) is 22.8 Å². The third kappa shape index (κ3) is 4.54. The van der Waals surface area contributed by atoms with Crippen LogP contribution in [0.3, 0.4) is 0 Å². The molecular formula is C20H18F3N3O3S. The minimum absolute atomic E-state index is 0.0342. The van der Waals surface area contributed by atoms with Crippen molar-refractivity contribution in [3.05, 3.63) is 53.3 Å². The van der Waals surface area contributed by atoms with Crippen LogP contribution in [0.4, 0.5) is 24.0 Å². The fourth-order valence-corrected chi connectivity index (χ4v) is 3.70. The molecule has 1 aromatic heterocycles. The lowest BCUT2D eigenvalue weighted by Gasteiger charge is -2.20. The number of ether oxygens (including phenoxy) is 1. The van der Waals surface area contributed by atoms with E-state index in [1.54, 1.807) is 24.3 Å². The zero-order valence-corrected chi connectivity index (χ0v) is 17.0. The highest BCUT2D eigenvalue weighted by molar-refractivity contribution is 7.22. The standard InChI is InChI=1S/C20H18F3N3O3S/c1-3-26(4-2)12-7-5-11(6-8-12)19(28)29-10-15(27)24-20-25-18-14(30-20)9-13(21)16(22)17(18)23/h5-9H,3-4,10H2,1-2H3,(H,24,25,27). The van der Waals surface area contributed by atoms with Crippen LogP contribution < -0.4 is 10.2 Å². The summed E-state index contributed by atoms with van der Waals surface area (Å²) in [7, 11) is 0. The maximum absolute atomic E-state index is 13.7. The lowest BCUT2D eigenvalue weighted by atomic mass is 10.2. The molecule has 0 fully saturated rings. The first-order chi connectivity index (χ1) is 14.3. The van der Waals surface area contributed by atoms with Crippen molar-refractivity contribution in [2.45, 2.75) is 13.8 Å². The van der Waals surface area contributed by atoms with Crippen LogP contribution in [0.25, 0.3) is 10.2 Å². The van der Waals surface area contributed by atoms with Crippen molar-refractivity contribution < 1.29 is 27.5 Å². The van der Waals surface area contributed by atoms with Crippen LogP contribution in [0.15, 0.2) is 30.3 Å². The number of carbonyl (C=O) groups is 2. The molecule has 0 spiro atoms. The number of hydrogen-bond donors (Lipinski definition) is 1. The van der Waals surface area contributed by atoms with Gasteiger partial charge < -0.3 is 9.64 Å². The summed E-state index contributed by atoms with van der Waals surface area (Å²) in [6.07, 6.45) is 0. The Bertz CT molecular complexity index is 1080. The van der Waals surface area contributed by atoms with E-state index in [-0.39, 0.29) is 20.9 Å². The molecule has 0 saturated carbocycles.